The first-order valence-electron chi connectivity index (χ1n) is 6.65. The summed E-state index contributed by atoms with van der Waals surface area (Å²) in [5, 5.41) is 1.48. The van der Waals surface area contributed by atoms with E-state index in [1.807, 2.05) is 0 Å². The van der Waals surface area contributed by atoms with Crippen LogP contribution in [0.2, 0.25) is 5.02 Å². The predicted octanol–water partition coefficient (Wildman–Crippen LogP) is 4.68. The van der Waals surface area contributed by atoms with E-state index >= 15 is 0 Å². The van der Waals surface area contributed by atoms with E-state index in [1.165, 1.54) is 17.5 Å². The predicted molar refractivity (Wildman–Crippen MR) is 89.7 cm³/mol. The molecule has 0 amide bonds. The van der Waals surface area contributed by atoms with Crippen molar-refractivity contribution in [3.63, 3.8) is 0 Å². The first-order valence-corrected chi connectivity index (χ1v) is 9.39. The molecule has 4 nitrogen and oxygen atoms in total. The maximum atomic E-state index is 13.8. The molecule has 3 rings (SSSR count). The Morgan fingerprint density at radius 2 is 1.76 bits per heavy atom. The maximum absolute atomic E-state index is 13.8. The van der Waals surface area contributed by atoms with Gasteiger partial charge in [0.2, 0.25) is 0 Å². The highest BCUT2D eigenvalue weighted by atomic mass is 35.5. The SMILES string of the molecule is O=S(=O)(Nc1nc(-c2ccc(F)c(F)c2)cs1)c1ccc(Cl)cc1F. The highest BCUT2D eigenvalue weighted by Gasteiger charge is 2.21. The quantitative estimate of drug-likeness (QED) is 0.686. The second kappa shape index (κ2) is 6.66. The molecule has 0 aliphatic heterocycles. The monoisotopic (exact) mass is 404 g/mol. The molecular weight excluding hydrogens is 397 g/mol. The van der Waals surface area contributed by atoms with Crippen LogP contribution in [0.1, 0.15) is 0 Å². The average Bonchev–Trinajstić information content (AvgIpc) is 2.97. The number of thiazole rings is 1. The summed E-state index contributed by atoms with van der Waals surface area (Å²) in [5.74, 6) is -3.05. The molecule has 2 aromatic carbocycles. The van der Waals surface area contributed by atoms with E-state index in [4.69, 9.17) is 11.6 Å². The van der Waals surface area contributed by atoms with Gasteiger partial charge < -0.3 is 0 Å². The molecule has 10 heteroatoms. The van der Waals surface area contributed by atoms with Crippen molar-refractivity contribution >= 4 is 38.1 Å². The topological polar surface area (TPSA) is 59.1 Å². The van der Waals surface area contributed by atoms with Gasteiger partial charge >= 0.3 is 0 Å². The van der Waals surface area contributed by atoms with Crippen molar-refractivity contribution in [2.45, 2.75) is 4.90 Å². The molecule has 1 N–H and O–H groups in total. The summed E-state index contributed by atoms with van der Waals surface area (Å²) in [7, 11) is -4.21. The van der Waals surface area contributed by atoms with Gasteiger partial charge in [0.15, 0.2) is 16.8 Å². The maximum Gasteiger partial charge on any atom is 0.266 e. The molecule has 1 aromatic heterocycles. The Balaban J connectivity index is 1.88. The van der Waals surface area contributed by atoms with E-state index in [0.29, 0.717) is 0 Å². The van der Waals surface area contributed by atoms with E-state index in [9.17, 15) is 21.6 Å². The summed E-state index contributed by atoms with van der Waals surface area (Å²) in [5.41, 5.74) is 0.524. The lowest BCUT2D eigenvalue weighted by Gasteiger charge is -2.06. The van der Waals surface area contributed by atoms with E-state index < -0.39 is 32.4 Å². The van der Waals surface area contributed by atoms with Crippen LogP contribution in [0, 0.1) is 17.5 Å². The van der Waals surface area contributed by atoms with E-state index in [1.54, 1.807) is 0 Å². The Kier molecular flexibility index (Phi) is 4.72. The Labute approximate surface area is 150 Å². The normalized spacial score (nSPS) is 11.5. The van der Waals surface area contributed by atoms with Gasteiger partial charge in [-0.1, -0.05) is 11.6 Å². The molecule has 0 bridgehead atoms. The molecule has 0 radical (unpaired) electrons. The largest absolute Gasteiger partial charge is 0.266 e. The molecule has 0 fully saturated rings. The zero-order valence-electron chi connectivity index (χ0n) is 12.1. The molecular formula is C15H8ClF3N2O2S2. The Hall–Kier alpha value is -2.10. The van der Waals surface area contributed by atoms with Crippen molar-refractivity contribution in [2.24, 2.45) is 0 Å². The second-order valence-electron chi connectivity index (χ2n) is 4.85. The molecule has 1 heterocycles. The van der Waals surface area contributed by atoms with Gasteiger partial charge in [0.25, 0.3) is 10.0 Å². The average molecular weight is 405 g/mol. The fourth-order valence-corrected chi connectivity index (χ4v) is 4.16. The lowest BCUT2D eigenvalue weighted by Crippen LogP contribution is -2.14. The number of aromatic nitrogens is 1. The molecule has 3 aromatic rings. The van der Waals surface area contributed by atoms with Gasteiger partial charge in [0.05, 0.1) is 5.69 Å². The number of hydrogen-bond donors (Lipinski definition) is 1. The summed E-state index contributed by atoms with van der Waals surface area (Å²) in [4.78, 5) is 3.42. The molecule has 0 saturated heterocycles. The molecule has 0 atom stereocenters. The van der Waals surface area contributed by atoms with Crippen molar-refractivity contribution in [3.8, 4) is 11.3 Å². The first-order chi connectivity index (χ1) is 11.8. The van der Waals surface area contributed by atoms with Crippen LogP contribution in [0.4, 0.5) is 18.3 Å². The van der Waals surface area contributed by atoms with E-state index in [-0.39, 0.29) is 21.4 Å². The number of nitrogens with zero attached hydrogens (tertiary/aromatic N) is 1. The van der Waals surface area contributed by atoms with Crippen LogP contribution in [-0.2, 0) is 10.0 Å². The lowest BCUT2D eigenvalue weighted by molar-refractivity contribution is 0.509. The van der Waals surface area contributed by atoms with Crippen LogP contribution in [0.25, 0.3) is 11.3 Å². The minimum Gasteiger partial charge on any atom is -0.255 e. The van der Waals surface area contributed by atoms with Crippen LogP contribution < -0.4 is 4.72 Å². The summed E-state index contributed by atoms with van der Waals surface area (Å²) in [6.07, 6.45) is 0. The first kappa shape index (κ1) is 17.7. The summed E-state index contributed by atoms with van der Waals surface area (Å²) >= 11 is 6.52. The van der Waals surface area contributed by atoms with Crippen LogP contribution in [0.5, 0.6) is 0 Å². The minimum absolute atomic E-state index is 0.0471. The third-order valence-electron chi connectivity index (χ3n) is 3.12. The smallest absolute Gasteiger partial charge is 0.255 e. The van der Waals surface area contributed by atoms with Gasteiger partial charge in [0.1, 0.15) is 10.7 Å². The van der Waals surface area contributed by atoms with Crippen molar-refractivity contribution < 1.29 is 21.6 Å². The standard InChI is InChI=1S/C15H8ClF3N2O2S2/c16-9-2-4-14(12(19)6-9)25(22,23)21-15-20-13(7-24-15)8-1-3-10(17)11(18)5-8/h1-7H,(H,20,21). The fraction of sp³-hybridized carbons (Fsp3) is 0. The molecule has 130 valence electrons. The number of halogens is 4. The van der Waals surface area contributed by atoms with E-state index in [0.717, 1.165) is 35.6 Å². The Bertz CT molecular complexity index is 1050. The van der Waals surface area contributed by atoms with Crippen molar-refractivity contribution in [3.05, 3.63) is 64.3 Å². The fourth-order valence-electron chi connectivity index (χ4n) is 1.97. The second-order valence-corrected chi connectivity index (χ2v) is 7.79. The van der Waals surface area contributed by atoms with Crippen LogP contribution in [0.15, 0.2) is 46.7 Å². The van der Waals surface area contributed by atoms with Gasteiger partial charge in [-0.05, 0) is 36.4 Å². The Morgan fingerprint density at radius 1 is 1.00 bits per heavy atom. The van der Waals surface area contributed by atoms with Crippen molar-refractivity contribution in [1.82, 2.24) is 4.98 Å². The van der Waals surface area contributed by atoms with Crippen LogP contribution in [-0.4, -0.2) is 13.4 Å². The van der Waals surface area contributed by atoms with Crippen LogP contribution >= 0.6 is 22.9 Å². The Morgan fingerprint density at radius 3 is 2.44 bits per heavy atom. The van der Waals surface area contributed by atoms with Gasteiger partial charge in [-0.2, -0.15) is 0 Å². The van der Waals surface area contributed by atoms with E-state index in [2.05, 4.69) is 9.71 Å². The van der Waals surface area contributed by atoms with Gasteiger partial charge in [-0.15, -0.1) is 11.3 Å². The number of nitrogens with one attached hydrogen (secondary N) is 1. The molecule has 0 saturated carbocycles. The number of anilines is 1. The molecule has 0 aliphatic rings. The summed E-state index contributed by atoms with van der Waals surface area (Å²) in [6, 6.07) is 6.35. The zero-order chi connectivity index (χ0) is 18.2. The minimum atomic E-state index is -4.21. The number of sulfonamides is 1. The van der Waals surface area contributed by atoms with Crippen molar-refractivity contribution in [2.75, 3.05) is 4.72 Å². The third-order valence-corrected chi connectivity index (χ3v) is 5.62. The third kappa shape index (κ3) is 3.78. The number of hydrogen-bond acceptors (Lipinski definition) is 4. The van der Waals surface area contributed by atoms with Crippen molar-refractivity contribution in [1.29, 1.82) is 0 Å². The van der Waals surface area contributed by atoms with Gasteiger partial charge in [-0.3, -0.25) is 4.72 Å². The molecule has 0 unspecified atom stereocenters. The molecule has 25 heavy (non-hydrogen) atoms. The summed E-state index contributed by atoms with van der Waals surface area (Å²) < 4.78 is 66.7. The highest BCUT2D eigenvalue weighted by Crippen LogP contribution is 2.28. The lowest BCUT2D eigenvalue weighted by atomic mass is 10.2. The molecule has 0 spiro atoms. The zero-order valence-corrected chi connectivity index (χ0v) is 14.5. The summed E-state index contributed by atoms with van der Waals surface area (Å²) in [6.45, 7) is 0. The number of benzene rings is 2. The van der Waals surface area contributed by atoms with Crippen LogP contribution in [0.3, 0.4) is 0 Å². The molecule has 0 aliphatic carbocycles. The van der Waals surface area contributed by atoms with Gasteiger partial charge in [-0.25, -0.2) is 26.6 Å². The highest BCUT2D eigenvalue weighted by molar-refractivity contribution is 7.93. The number of rotatable bonds is 4. The van der Waals surface area contributed by atoms with Gasteiger partial charge in [0, 0.05) is 16.0 Å².